The first-order valence-corrected chi connectivity index (χ1v) is 12.5. The number of fused-ring (bicyclic) bond motifs is 2. The largest absolute Gasteiger partial charge is 0.481 e. The number of amides is 1. The van der Waals surface area contributed by atoms with Crippen LogP contribution in [0, 0.1) is 0 Å². The Kier molecular flexibility index (Phi) is 7.40. The molecule has 0 aromatic carbocycles. The van der Waals surface area contributed by atoms with Gasteiger partial charge in [0.25, 0.3) is 0 Å². The lowest BCUT2D eigenvalue weighted by Gasteiger charge is -2.34. The molecular weight excluding hydrogens is 468 g/mol. The van der Waals surface area contributed by atoms with Gasteiger partial charge in [0.1, 0.15) is 5.82 Å². The van der Waals surface area contributed by atoms with E-state index in [4.69, 9.17) is 9.47 Å². The van der Waals surface area contributed by atoms with Gasteiger partial charge in [-0.1, -0.05) is 0 Å². The highest BCUT2D eigenvalue weighted by Crippen LogP contribution is 2.29. The topological polar surface area (TPSA) is 122 Å². The molecule has 5 rings (SSSR count). The number of pyridine rings is 3. The van der Waals surface area contributed by atoms with Crippen molar-refractivity contribution < 1.29 is 19.4 Å². The lowest BCUT2D eigenvalue weighted by Crippen LogP contribution is -2.47. The second-order valence-electron chi connectivity index (χ2n) is 8.51. The Bertz CT molecular complexity index is 1210. The summed E-state index contributed by atoms with van der Waals surface area (Å²) in [6, 6.07) is 9.39. The normalized spacial score (nSPS) is 19.3. The van der Waals surface area contributed by atoms with E-state index in [-0.39, 0.29) is 12.0 Å². The van der Waals surface area contributed by atoms with E-state index < -0.39 is 6.10 Å². The Morgan fingerprint density at radius 2 is 2.23 bits per heavy atom. The van der Waals surface area contributed by atoms with Crippen LogP contribution in [0.2, 0.25) is 0 Å². The van der Waals surface area contributed by atoms with Crippen molar-refractivity contribution in [3.63, 3.8) is 0 Å². The van der Waals surface area contributed by atoms with Crippen molar-refractivity contribution in [1.82, 2.24) is 25.2 Å². The fourth-order valence-electron chi connectivity index (χ4n) is 4.29. The molecule has 5 heterocycles. The van der Waals surface area contributed by atoms with Crippen LogP contribution in [0.5, 0.6) is 5.88 Å². The summed E-state index contributed by atoms with van der Waals surface area (Å²) in [7, 11) is 1.57. The Morgan fingerprint density at radius 1 is 1.31 bits per heavy atom. The van der Waals surface area contributed by atoms with Crippen molar-refractivity contribution in [3.8, 4) is 5.88 Å². The minimum Gasteiger partial charge on any atom is -0.481 e. The first-order chi connectivity index (χ1) is 17.1. The van der Waals surface area contributed by atoms with Gasteiger partial charge in [-0.25, -0.2) is 9.97 Å². The summed E-state index contributed by atoms with van der Waals surface area (Å²) in [5.41, 5.74) is 2.97. The molecule has 1 saturated heterocycles. The number of hydrogen-bond acceptors (Lipinski definition) is 10. The standard InChI is InChI=1S/C24H28N6O4S/c1-33-22-5-3-18-23(29-22)17(6-7-26-18)19(31)13-30-8-9-34-16(12-30)11-25-10-15-2-4-20-24(27-15)28-21(32)14-35-20/h2-7,16,19,25,31H,8-14H2,1H3,(H,27,28,32)/t16?,19-/m1/s1. The molecule has 10 nitrogen and oxygen atoms in total. The van der Waals surface area contributed by atoms with Gasteiger partial charge in [0, 0.05) is 50.6 Å². The SMILES string of the molecule is COc1ccc2nccc([C@H](O)CN3CCOC(CNCc4ccc5c(n4)NC(=O)CS5)C3)c2n1. The average Bonchev–Trinajstić information content (AvgIpc) is 2.88. The van der Waals surface area contributed by atoms with Crippen LogP contribution in [-0.2, 0) is 16.1 Å². The number of ether oxygens (including phenoxy) is 2. The van der Waals surface area contributed by atoms with Gasteiger partial charge in [0.15, 0.2) is 0 Å². The third-order valence-electron chi connectivity index (χ3n) is 6.02. The smallest absolute Gasteiger partial charge is 0.235 e. The van der Waals surface area contributed by atoms with E-state index in [1.54, 1.807) is 19.4 Å². The van der Waals surface area contributed by atoms with E-state index >= 15 is 0 Å². The van der Waals surface area contributed by atoms with E-state index in [1.807, 2.05) is 24.3 Å². The molecule has 0 saturated carbocycles. The summed E-state index contributed by atoms with van der Waals surface area (Å²) in [6.45, 7) is 3.76. The zero-order valence-electron chi connectivity index (χ0n) is 19.4. The molecule has 11 heteroatoms. The number of carbonyl (C=O) groups is 1. The van der Waals surface area contributed by atoms with Gasteiger partial charge in [-0.2, -0.15) is 0 Å². The first-order valence-electron chi connectivity index (χ1n) is 11.5. The van der Waals surface area contributed by atoms with Gasteiger partial charge in [-0.3, -0.25) is 14.7 Å². The number of hydrogen-bond donors (Lipinski definition) is 3. The molecule has 1 amide bonds. The Balaban J connectivity index is 1.15. The fraction of sp³-hybridized carbons (Fsp3) is 0.417. The fourth-order valence-corrected chi connectivity index (χ4v) is 5.04. The number of methoxy groups -OCH3 is 1. The third-order valence-corrected chi connectivity index (χ3v) is 7.07. The van der Waals surface area contributed by atoms with E-state index in [1.165, 1.54) is 11.8 Å². The van der Waals surface area contributed by atoms with Crippen LogP contribution in [0.3, 0.4) is 0 Å². The summed E-state index contributed by atoms with van der Waals surface area (Å²) in [5, 5.41) is 17.2. The number of rotatable bonds is 8. The Hall–Kier alpha value is -2.83. The van der Waals surface area contributed by atoms with Gasteiger partial charge in [-0.05, 0) is 24.3 Å². The Morgan fingerprint density at radius 3 is 3.11 bits per heavy atom. The molecule has 1 unspecified atom stereocenters. The molecule has 1 fully saturated rings. The third kappa shape index (κ3) is 5.71. The number of β-amino-alcohol motifs (C(OH)–C–C–N with tert-alkyl or cyclic N) is 1. The van der Waals surface area contributed by atoms with Gasteiger partial charge in [-0.15, -0.1) is 11.8 Å². The molecule has 35 heavy (non-hydrogen) atoms. The van der Waals surface area contributed by atoms with Crippen molar-refractivity contribution in [2.24, 2.45) is 0 Å². The monoisotopic (exact) mass is 496 g/mol. The van der Waals surface area contributed by atoms with Crippen molar-refractivity contribution in [3.05, 3.63) is 47.8 Å². The lowest BCUT2D eigenvalue weighted by molar-refractivity contribution is -0.113. The van der Waals surface area contributed by atoms with Crippen molar-refractivity contribution in [2.75, 3.05) is 51.0 Å². The van der Waals surface area contributed by atoms with Crippen LogP contribution in [0.4, 0.5) is 5.82 Å². The summed E-state index contributed by atoms with van der Waals surface area (Å²) in [5.74, 6) is 1.53. The average molecular weight is 497 g/mol. The van der Waals surface area contributed by atoms with Crippen LogP contribution in [0.15, 0.2) is 41.4 Å². The summed E-state index contributed by atoms with van der Waals surface area (Å²) in [6.07, 6.45) is 0.982. The Labute approximate surface area is 207 Å². The van der Waals surface area contributed by atoms with Gasteiger partial charge >= 0.3 is 0 Å². The summed E-state index contributed by atoms with van der Waals surface area (Å²) < 4.78 is 11.2. The predicted octanol–water partition coefficient (Wildman–Crippen LogP) is 1.60. The van der Waals surface area contributed by atoms with Crippen molar-refractivity contribution in [1.29, 1.82) is 0 Å². The molecule has 3 aromatic rings. The second kappa shape index (κ2) is 10.8. The van der Waals surface area contributed by atoms with Crippen LogP contribution >= 0.6 is 11.8 Å². The highest BCUT2D eigenvalue weighted by Gasteiger charge is 2.24. The maximum atomic E-state index is 11.6. The van der Waals surface area contributed by atoms with Crippen LogP contribution in [0.1, 0.15) is 17.4 Å². The van der Waals surface area contributed by atoms with Crippen LogP contribution in [0.25, 0.3) is 11.0 Å². The quantitative estimate of drug-likeness (QED) is 0.424. The number of nitrogens with one attached hydrogen (secondary N) is 2. The molecule has 0 bridgehead atoms. The first kappa shape index (κ1) is 23.9. The highest BCUT2D eigenvalue weighted by atomic mass is 32.2. The van der Waals surface area contributed by atoms with Crippen molar-refractivity contribution in [2.45, 2.75) is 23.6 Å². The number of nitrogens with zero attached hydrogens (tertiary/aromatic N) is 4. The molecule has 2 atom stereocenters. The number of thioether (sulfide) groups is 1. The second-order valence-corrected chi connectivity index (χ2v) is 9.52. The molecule has 2 aliphatic heterocycles. The van der Waals surface area contributed by atoms with E-state index in [9.17, 15) is 9.90 Å². The molecule has 0 radical (unpaired) electrons. The number of carbonyl (C=O) groups excluding carboxylic acids is 1. The van der Waals surface area contributed by atoms with Crippen LogP contribution < -0.4 is 15.4 Å². The maximum absolute atomic E-state index is 11.6. The lowest BCUT2D eigenvalue weighted by atomic mass is 10.1. The minimum absolute atomic E-state index is 0.00348. The van der Waals surface area contributed by atoms with Gasteiger partial charge in [0.2, 0.25) is 11.8 Å². The maximum Gasteiger partial charge on any atom is 0.235 e. The molecule has 184 valence electrons. The zero-order chi connectivity index (χ0) is 24.2. The number of aromatic nitrogens is 3. The van der Waals surface area contributed by atoms with E-state index in [2.05, 4.69) is 30.5 Å². The zero-order valence-corrected chi connectivity index (χ0v) is 20.3. The summed E-state index contributed by atoms with van der Waals surface area (Å²) >= 11 is 1.50. The van der Waals surface area contributed by atoms with E-state index in [0.717, 1.165) is 28.2 Å². The molecule has 0 spiro atoms. The highest BCUT2D eigenvalue weighted by molar-refractivity contribution is 8.00. The summed E-state index contributed by atoms with van der Waals surface area (Å²) in [4.78, 5) is 28.2. The molecule has 2 aliphatic rings. The number of aliphatic hydroxyl groups is 1. The predicted molar refractivity (Wildman–Crippen MR) is 133 cm³/mol. The molecule has 3 N–H and O–H groups in total. The van der Waals surface area contributed by atoms with Crippen molar-refractivity contribution >= 4 is 34.5 Å². The van der Waals surface area contributed by atoms with Gasteiger partial charge < -0.3 is 25.2 Å². The van der Waals surface area contributed by atoms with Crippen LogP contribution in [-0.4, -0.2) is 82.6 Å². The number of anilines is 1. The van der Waals surface area contributed by atoms with Gasteiger partial charge in [0.05, 0.1) is 53.3 Å². The molecule has 3 aromatic heterocycles. The van der Waals surface area contributed by atoms with E-state index in [0.29, 0.717) is 55.8 Å². The number of aliphatic hydroxyl groups excluding tert-OH is 1. The minimum atomic E-state index is -0.709. The molecule has 0 aliphatic carbocycles. The molecular formula is C24H28N6O4S. The number of morpholine rings is 1.